The summed E-state index contributed by atoms with van der Waals surface area (Å²) in [5, 5.41) is 0. The van der Waals surface area contributed by atoms with E-state index in [1.807, 2.05) is 19.0 Å². The van der Waals surface area contributed by atoms with Crippen LogP contribution in [-0.4, -0.2) is 51.3 Å². The second kappa shape index (κ2) is 10.5. The number of carbonyl (C=O) groups is 1. The van der Waals surface area contributed by atoms with Crippen molar-refractivity contribution in [3.63, 3.8) is 0 Å². The average Bonchev–Trinajstić information content (AvgIpc) is 2.79. The van der Waals surface area contributed by atoms with E-state index in [9.17, 15) is 22.0 Å². The summed E-state index contributed by atoms with van der Waals surface area (Å²) < 4.78 is 54.7. The molecule has 9 heteroatoms. The van der Waals surface area contributed by atoms with Crippen molar-refractivity contribution < 1.29 is 22.0 Å². The number of rotatable bonds is 9. The average molecular weight is 474 g/mol. The Morgan fingerprint density at radius 2 is 1.61 bits per heavy atom. The van der Waals surface area contributed by atoms with Gasteiger partial charge in [-0.15, -0.1) is 0 Å². The highest BCUT2D eigenvalue weighted by Crippen LogP contribution is 2.19. The molecule has 0 heterocycles. The quantitative estimate of drug-likeness (QED) is 0.511. The highest BCUT2D eigenvalue weighted by atomic mass is 32.2. The summed E-state index contributed by atoms with van der Waals surface area (Å²) in [5.74, 6) is -2.30. The Hall–Kier alpha value is -3.30. The second-order valence-electron chi connectivity index (χ2n) is 7.78. The van der Waals surface area contributed by atoms with E-state index in [0.717, 1.165) is 12.1 Å². The smallest absolute Gasteiger partial charge is 0.261 e. The van der Waals surface area contributed by atoms with Gasteiger partial charge in [0.15, 0.2) is 11.6 Å². The largest absolute Gasteiger partial charge is 0.333 e. The lowest BCUT2D eigenvalue weighted by atomic mass is 10.1. The van der Waals surface area contributed by atoms with Crippen molar-refractivity contribution >= 4 is 21.6 Å². The van der Waals surface area contributed by atoms with Crippen LogP contribution in [-0.2, 0) is 16.6 Å². The zero-order valence-corrected chi connectivity index (χ0v) is 19.1. The molecule has 3 aromatic carbocycles. The number of likely N-dealkylation sites (N-methyl/N-ethyl adjacent to an activating group) is 1. The number of sulfonamides is 1. The van der Waals surface area contributed by atoms with Gasteiger partial charge < -0.3 is 9.80 Å². The van der Waals surface area contributed by atoms with Gasteiger partial charge in [0.2, 0.25) is 0 Å². The Morgan fingerprint density at radius 3 is 2.27 bits per heavy atom. The van der Waals surface area contributed by atoms with Gasteiger partial charge >= 0.3 is 0 Å². The summed E-state index contributed by atoms with van der Waals surface area (Å²) in [6, 6.07) is 17.6. The standard InChI is InChI=1S/C24H25F2N3O3S/c1-28(2)13-14-29(17-18-11-12-22(25)23(26)15-18)24(30)19-7-6-8-20(16-19)27-33(31,32)21-9-4-3-5-10-21/h3-12,15-16,27H,13-14,17H2,1-2H3. The fourth-order valence-corrected chi connectivity index (χ4v) is 4.21. The van der Waals surface area contributed by atoms with Crippen LogP contribution < -0.4 is 4.72 Å². The van der Waals surface area contributed by atoms with E-state index < -0.39 is 21.7 Å². The van der Waals surface area contributed by atoms with Crippen LogP contribution in [0.2, 0.25) is 0 Å². The van der Waals surface area contributed by atoms with Gasteiger partial charge in [-0.1, -0.05) is 30.3 Å². The van der Waals surface area contributed by atoms with Crippen molar-refractivity contribution in [1.29, 1.82) is 0 Å². The Balaban J connectivity index is 1.84. The van der Waals surface area contributed by atoms with E-state index in [1.54, 1.807) is 36.4 Å². The molecule has 0 atom stereocenters. The fourth-order valence-electron chi connectivity index (χ4n) is 3.14. The third kappa shape index (κ3) is 6.59. The molecule has 174 valence electrons. The van der Waals surface area contributed by atoms with E-state index in [4.69, 9.17) is 0 Å². The summed E-state index contributed by atoms with van der Waals surface area (Å²) in [6.45, 7) is 0.963. The molecule has 6 nitrogen and oxygen atoms in total. The van der Waals surface area contributed by atoms with Crippen LogP contribution >= 0.6 is 0 Å². The maximum absolute atomic E-state index is 13.7. The van der Waals surface area contributed by atoms with Gasteiger partial charge in [0.25, 0.3) is 15.9 Å². The third-order valence-corrected chi connectivity index (χ3v) is 6.27. The van der Waals surface area contributed by atoms with Crippen LogP contribution in [0.25, 0.3) is 0 Å². The molecule has 0 unspecified atom stereocenters. The van der Waals surface area contributed by atoms with E-state index >= 15 is 0 Å². The molecule has 33 heavy (non-hydrogen) atoms. The molecule has 0 aliphatic carbocycles. The highest BCUT2D eigenvalue weighted by molar-refractivity contribution is 7.92. The van der Waals surface area contributed by atoms with Gasteiger partial charge in [0.05, 0.1) is 4.90 Å². The van der Waals surface area contributed by atoms with Crippen molar-refractivity contribution in [1.82, 2.24) is 9.80 Å². The Kier molecular flexibility index (Phi) is 7.78. The first-order valence-corrected chi connectivity index (χ1v) is 11.7. The van der Waals surface area contributed by atoms with Crippen LogP contribution in [0.5, 0.6) is 0 Å². The zero-order valence-electron chi connectivity index (χ0n) is 18.3. The van der Waals surface area contributed by atoms with Crippen LogP contribution in [0.4, 0.5) is 14.5 Å². The topological polar surface area (TPSA) is 69.7 Å². The maximum Gasteiger partial charge on any atom is 0.261 e. The molecule has 0 saturated heterocycles. The molecule has 0 fully saturated rings. The van der Waals surface area contributed by atoms with E-state index in [2.05, 4.69) is 4.72 Å². The third-order valence-electron chi connectivity index (χ3n) is 4.88. The van der Waals surface area contributed by atoms with Crippen LogP contribution in [0.1, 0.15) is 15.9 Å². The van der Waals surface area contributed by atoms with Gasteiger partial charge in [0, 0.05) is 30.9 Å². The molecular formula is C24H25F2N3O3S. The monoisotopic (exact) mass is 473 g/mol. The predicted octanol–water partition coefficient (Wildman–Crippen LogP) is 3.97. The highest BCUT2D eigenvalue weighted by Gasteiger charge is 2.19. The summed E-state index contributed by atoms with van der Waals surface area (Å²) in [6.07, 6.45) is 0. The first kappa shape index (κ1) is 24.3. The predicted molar refractivity (Wildman–Crippen MR) is 123 cm³/mol. The normalized spacial score (nSPS) is 11.4. The summed E-state index contributed by atoms with van der Waals surface area (Å²) in [4.78, 5) is 16.8. The van der Waals surface area contributed by atoms with Gasteiger partial charge in [-0.3, -0.25) is 9.52 Å². The van der Waals surface area contributed by atoms with Crippen molar-refractivity contribution in [2.45, 2.75) is 11.4 Å². The molecular weight excluding hydrogens is 448 g/mol. The number of benzene rings is 3. The lowest BCUT2D eigenvalue weighted by Gasteiger charge is -2.25. The molecule has 0 saturated carbocycles. The fraction of sp³-hybridized carbons (Fsp3) is 0.208. The molecule has 0 radical (unpaired) electrons. The van der Waals surface area contributed by atoms with Gasteiger partial charge in [-0.25, -0.2) is 17.2 Å². The van der Waals surface area contributed by atoms with Crippen molar-refractivity contribution in [3.8, 4) is 0 Å². The zero-order chi connectivity index (χ0) is 24.0. The van der Waals surface area contributed by atoms with Crippen LogP contribution in [0, 0.1) is 11.6 Å². The Bertz CT molecular complexity index is 1220. The SMILES string of the molecule is CN(C)CCN(Cc1ccc(F)c(F)c1)C(=O)c1cccc(NS(=O)(=O)c2ccccc2)c1. The van der Waals surface area contributed by atoms with E-state index in [1.165, 1.54) is 29.2 Å². The van der Waals surface area contributed by atoms with E-state index in [-0.39, 0.29) is 28.6 Å². The van der Waals surface area contributed by atoms with Crippen molar-refractivity contribution in [3.05, 3.63) is 95.6 Å². The van der Waals surface area contributed by atoms with Gasteiger partial charge in [-0.2, -0.15) is 0 Å². The first-order chi connectivity index (χ1) is 15.7. The number of hydrogen-bond acceptors (Lipinski definition) is 4. The molecule has 0 spiro atoms. The minimum absolute atomic E-state index is 0.0733. The maximum atomic E-state index is 13.7. The number of hydrogen-bond donors (Lipinski definition) is 1. The molecule has 3 rings (SSSR count). The summed E-state index contributed by atoms with van der Waals surface area (Å²) in [7, 11) is -0.0930. The second-order valence-corrected chi connectivity index (χ2v) is 9.46. The number of halogens is 2. The van der Waals surface area contributed by atoms with E-state index in [0.29, 0.717) is 18.7 Å². The first-order valence-electron chi connectivity index (χ1n) is 10.2. The Morgan fingerprint density at radius 1 is 0.879 bits per heavy atom. The molecule has 0 bridgehead atoms. The minimum atomic E-state index is -3.81. The Labute approximate surface area is 192 Å². The number of nitrogens with one attached hydrogen (secondary N) is 1. The number of carbonyl (C=O) groups excluding carboxylic acids is 1. The summed E-state index contributed by atoms with van der Waals surface area (Å²) in [5.41, 5.74) is 0.955. The van der Waals surface area contributed by atoms with Crippen LogP contribution in [0.3, 0.4) is 0 Å². The number of anilines is 1. The lowest BCUT2D eigenvalue weighted by Crippen LogP contribution is -2.36. The molecule has 1 amide bonds. The lowest BCUT2D eigenvalue weighted by molar-refractivity contribution is 0.0731. The molecule has 0 aliphatic rings. The molecule has 3 aromatic rings. The molecule has 0 aliphatic heterocycles. The van der Waals surface area contributed by atoms with Gasteiger partial charge in [-0.05, 0) is 62.1 Å². The number of nitrogens with zero attached hydrogens (tertiary/aromatic N) is 2. The molecule has 0 aromatic heterocycles. The van der Waals surface area contributed by atoms with Crippen LogP contribution in [0.15, 0.2) is 77.7 Å². The van der Waals surface area contributed by atoms with Crippen molar-refractivity contribution in [2.24, 2.45) is 0 Å². The van der Waals surface area contributed by atoms with Gasteiger partial charge in [0.1, 0.15) is 0 Å². The minimum Gasteiger partial charge on any atom is -0.333 e. The van der Waals surface area contributed by atoms with Crippen molar-refractivity contribution in [2.75, 3.05) is 31.9 Å². The summed E-state index contributed by atoms with van der Waals surface area (Å²) >= 11 is 0. The molecule has 1 N–H and O–H groups in total. The number of amides is 1.